The number of aromatic nitrogens is 1. The molecule has 1 aromatic carbocycles. The van der Waals surface area contributed by atoms with Crippen molar-refractivity contribution in [3.05, 3.63) is 47.8 Å². The Bertz CT molecular complexity index is 1090. The van der Waals surface area contributed by atoms with Crippen LogP contribution in [0.4, 0.5) is 5.69 Å². The number of rotatable bonds is 6. The van der Waals surface area contributed by atoms with Gasteiger partial charge >= 0.3 is 0 Å². The van der Waals surface area contributed by atoms with E-state index < -0.39 is 15.9 Å². The molecule has 0 bridgehead atoms. The molecule has 0 aliphatic carbocycles. The number of piperidine rings is 1. The first kappa shape index (κ1) is 22.5. The maximum atomic E-state index is 13.2. The summed E-state index contributed by atoms with van der Waals surface area (Å²) in [6.07, 6.45) is 5.43. The highest BCUT2D eigenvalue weighted by Gasteiger charge is 2.34. The summed E-state index contributed by atoms with van der Waals surface area (Å²) in [4.78, 5) is 30.0. The summed E-state index contributed by atoms with van der Waals surface area (Å²) in [5.74, 6) is -0.764. The van der Waals surface area contributed by atoms with E-state index in [-0.39, 0.29) is 28.9 Å². The molecular formula is C23H30N4O4S. The third kappa shape index (κ3) is 4.73. The van der Waals surface area contributed by atoms with Crippen LogP contribution in [0.3, 0.4) is 0 Å². The number of hydrogen-bond acceptors (Lipinski definition) is 4. The number of H-pyrrole nitrogens is 1. The molecule has 9 heteroatoms. The molecule has 1 aromatic heterocycles. The van der Waals surface area contributed by atoms with E-state index in [9.17, 15) is 18.0 Å². The molecule has 8 nitrogen and oxygen atoms in total. The van der Waals surface area contributed by atoms with Gasteiger partial charge in [-0.3, -0.25) is 9.59 Å². The molecule has 2 fully saturated rings. The maximum Gasteiger partial charge on any atom is 0.270 e. The van der Waals surface area contributed by atoms with Crippen molar-refractivity contribution in [3.8, 4) is 0 Å². The van der Waals surface area contributed by atoms with E-state index in [1.165, 1.54) is 16.6 Å². The van der Waals surface area contributed by atoms with Crippen LogP contribution in [0, 0.1) is 5.92 Å². The molecule has 172 valence electrons. The number of carbonyl (C=O) groups is 2. The third-order valence-corrected chi connectivity index (χ3v) is 8.12. The van der Waals surface area contributed by atoms with E-state index in [0.29, 0.717) is 32.5 Å². The van der Waals surface area contributed by atoms with Crippen molar-refractivity contribution in [2.24, 2.45) is 5.92 Å². The van der Waals surface area contributed by atoms with Crippen molar-refractivity contribution < 1.29 is 18.0 Å². The average Bonchev–Trinajstić information content (AvgIpc) is 3.52. The van der Waals surface area contributed by atoms with E-state index in [4.69, 9.17) is 0 Å². The molecule has 1 unspecified atom stereocenters. The number of benzene rings is 1. The number of aromatic amines is 1. The number of anilines is 1. The zero-order chi connectivity index (χ0) is 22.7. The van der Waals surface area contributed by atoms with Crippen LogP contribution in [0.2, 0.25) is 0 Å². The molecule has 2 aromatic rings. The second kappa shape index (κ2) is 9.46. The molecule has 0 saturated carbocycles. The van der Waals surface area contributed by atoms with Gasteiger partial charge in [0, 0.05) is 38.1 Å². The predicted octanol–water partition coefficient (Wildman–Crippen LogP) is 2.85. The SMILES string of the molecule is CCc1cccc(NC(=O)C2CCCN(S(=O)(=O)c3c[nH]c(C(=O)N4CCCC4)c3)C2)c1. The van der Waals surface area contributed by atoms with Crippen molar-refractivity contribution in [2.45, 2.75) is 43.9 Å². The van der Waals surface area contributed by atoms with E-state index >= 15 is 0 Å². The summed E-state index contributed by atoms with van der Waals surface area (Å²) >= 11 is 0. The fourth-order valence-electron chi connectivity index (χ4n) is 4.37. The van der Waals surface area contributed by atoms with Gasteiger partial charge in [-0.15, -0.1) is 0 Å². The van der Waals surface area contributed by atoms with Crippen molar-refractivity contribution >= 4 is 27.5 Å². The third-order valence-electron chi connectivity index (χ3n) is 6.28. The van der Waals surface area contributed by atoms with Gasteiger partial charge in [-0.1, -0.05) is 19.1 Å². The molecule has 2 saturated heterocycles. The van der Waals surface area contributed by atoms with E-state index in [1.54, 1.807) is 4.90 Å². The highest BCUT2D eigenvalue weighted by atomic mass is 32.2. The number of amides is 2. The Morgan fingerprint density at radius 2 is 1.91 bits per heavy atom. The van der Waals surface area contributed by atoms with Crippen molar-refractivity contribution in [2.75, 3.05) is 31.5 Å². The predicted molar refractivity (Wildman–Crippen MR) is 122 cm³/mol. The molecule has 0 radical (unpaired) electrons. The zero-order valence-corrected chi connectivity index (χ0v) is 19.2. The van der Waals surface area contributed by atoms with Gasteiger partial charge in [0.05, 0.1) is 5.92 Å². The number of carbonyl (C=O) groups excluding carboxylic acids is 2. The first-order valence-corrected chi connectivity index (χ1v) is 12.7. The van der Waals surface area contributed by atoms with Gasteiger partial charge in [0.25, 0.3) is 5.91 Å². The highest BCUT2D eigenvalue weighted by Crippen LogP contribution is 2.26. The first-order valence-electron chi connectivity index (χ1n) is 11.3. The van der Waals surface area contributed by atoms with Crippen LogP contribution in [0.5, 0.6) is 0 Å². The van der Waals surface area contributed by atoms with Crippen LogP contribution in [-0.2, 0) is 21.2 Å². The Labute approximate surface area is 189 Å². The summed E-state index contributed by atoms with van der Waals surface area (Å²) < 4.78 is 27.8. The molecule has 2 aliphatic rings. The molecule has 4 rings (SSSR count). The smallest absolute Gasteiger partial charge is 0.270 e. The zero-order valence-electron chi connectivity index (χ0n) is 18.3. The topological polar surface area (TPSA) is 103 Å². The molecule has 1 atom stereocenters. The summed E-state index contributed by atoms with van der Waals surface area (Å²) in [6, 6.07) is 9.10. The lowest BCUT2D eigenvalue weighted by Gasteiger charge is -2.31. The minimum Gasteiger partial charge on any atom is -0.356 e. The molecule has 3 heterocycles. The fourth-order valence-corrected chi connectivity index (χ4v) is 5.89. The molecule has 2 aliphatic heterocycles. The largest absolute Gasteiger partial charge is 0.356 e. The lowest BCUT2D eigenvalue weighted by atomic mass is 9.98. The average molecular weight is 459 g/mol. The van der Waals surface area contributed by atoms with Gasteiger partial charge in [0.1, 0.15) is 10.6 Å². The van der Waals surface area contributed by atoms with Crippen LogP contribution in [0.25, 0.3) is 0 Å². The molecule has 2 amide bonds. The van der Waals surface area contributed by atoms with Gasteiger partial charge in [0.2, 0.25) is 15.9 Å². The quantitative estimate of drug-likeness (QED) is 0.695. The van der Waals surface area contributed by atoms with Crippen LogP contribution >= 0.6 is 0 Å². The second-order valence-corrected chi connectivity index (χ2v) is 10.4. The number of sulfonamides is 1. The van der Waals surface area contributed by atoms with Crippen LogP contribution in [-0.4, -0.2) is 60.6 Å². The lowest BCUT2D eigenvalue weighted by Crippen LogP contribution is -2.43. The van der Waals surface area contributed by atoms with Crippen molar-refractivity contribution in [1.82, 2.24) is 14.2 Å². The van der Waals surface area contributed by atoms with Gasteiger partial charge in [-0.05, 0) is 55.9 Å². The maximum absolute atomic E-state index is 13.2. The summed E-state index contributed by atoms with van der Waals surface area (Å²) in [7, 11) is -3.80. The van der Waals surface area contributed by atoms with Gasteiger partial charge in [-0.25, -0.2) is 8.42 Å². The Morgan fingerprint density at radius 1 is 1.12 bits per heavy atom. The van der Waals surface area contributed by atoms with Crippen LogP contribution in [0.15, 0.2) is 41.4 Å². The van der Waals surface area contributed by atoms with Gasteiger partial charge in [-0.2, -0.15) is 4.31 Å². The standard InChI is InChI=1S/C23H30N4O4S/c1-2-17-7-5-9-19(13-17)25-22(28)18-8-6-12-27(16-18)32(30,31)20-14-21(24-15-20)23(29)26-10-3-4-11-26/h5,7,9,13-15,18,24H,2-4,6,8,10-12,16H2,1H3,(H,25,28). The summed E-state index contributed by atoms with van der Waals surface area (Å²) in [5, 5.41) is 2.93. The first-order chi connectivity index (χ1) is 15.4. The highest BCUT2D eigenvalue weighted by molar-refractivity contribution is 7.89. The summed E-state index contributed by atoms with van der Waals surface area (Å²) in [5.41, 5.74) is 2.14. The number of likely N-dealkylation sites (tertiary alicyclic amines) is 1. The van der Waals surface area contributed by atoms with E-state index in [1.807, 2.05) is 24.3 Å². The van der Waals surface area contributed by atoms with Gasteiger partial charge < -0.3 is 15.2 Å². The Hall–Kier alpha value is -2.65. The van der Waals surface area contributed by atoms with Crippen LogP contribution in [0.1, 0.15) is 48.7 Å². The minimum absolute atomic E-state index is 0.0664. The number of hydrogen-bond donors (Lipinski definition) is 2. The lowest BCUT2D eigenvalue weighted by molar-refractivity contribution is -0.120. The molecule has 0 spiro atoms. The number of aryl methyl sites for hydroxylation is 1. The number of nitrogens with one attached hydrogen (secondary N) is 2. The van der Waals surface area contributed by atoms with Crippen LogP contribution < -0.4 is 5.32 Å². The number of nitrogens with zero attached hydrogens (tertiary/aromatic N) is 2. The normalized spacial score (nSPS) is 19.8. The monoisotopic (exact) mass is 458 g/mol. The second-order valence-electron chi connectivity index (χ2n) is 8.49. The van der Waals surface area contributed by atoms with Crippen molar-refractivity contribution in [1.29, 1.82) is 0 Å². The van der Waals surface area contributed by atoms with Crippen molar-refractivity contribution in [3.63, 3.8) is 0 Å². The Kier molecular flexibility index (Phi) is 6.66. The van der Waals surface area contributed by atoms with E-state index in [2.05, 4.69) is 17.2 Å². The minimum atomic E-state index is -3.80. The Morgan fingerprint density at radius 3 is 2.66 bits per heavy atom. The molecular weight excluding hydrogens is 428 g/mol. The van der Waals surface area contributed by atoms with Gasteiger partial charge in [0.15, 0.2) is 0 Å². The fraction of sp³-hybridized carbons (Fsp3) is 0.478. The molecule has 32 heavy (non-hydrogen) atoms. The van der Waals surface area contributed by atoms with E-state index in [0.717, 1.165) is 30.5 Å². The molecule has 2 N–H and O–H groups in total. The summed E-state index contributed by atoms with van der Waals surface area (Å²) in [6.45, 7) is 3.93. The Balaban J connectivity index is 1.44.